The van der Waals surface area contributed by atoms with E-state index in [0.29, 0.717) is 29.9 Å². The predicted molar refractivity (Wildman–Crippen MR) is 65.9 cm³/mol. The Morgan fingerprint density at radius 2 is 2.11 bits per heavy atom. The summed E-state index contributed by atoms with van der Waals surface area (Å²) in [5.74, 6) is 0.480. The molecule has 0 spiro atoms. The molecule has 0 aliphatic rings. The molecule has 96 valence electrons. The van der Waals surface area contributed by atoms with Crippen molar-refractivity contribution in [3.8, 4) is 5.75 Å². The van der Waals surface area contributed by atoms with Crippen LogP contribution in [-0.4, -0.2) is 37.1 Å². The molecule has 0 fully saturated rings. The number of benzene rings is 1. The number of hydrogen-bond acceptors (Lipinski definition) is 5. The summed E-state index contributed by atoms with van der Waals surface area (Å²) in [5, 5.41) is 0.401. The molecular formula is C12H14N2O4. The van der Waals surface area contributed by atoms with Gasteiger partial charge in [-0.05, 0) is 12.1 Å². The lowest BCUT2D eigenvalue weighted by molar-refractivity contribution is 0.147. The highest BCUT2D eigenvalue weighted by Crippen LogP contribution is 2.21. The SMILES string of the molecule is COCCOc1cccc2c1c(=O)ncn2OC. The van der Waals surface area contributed by atoms with E-state index >= 15 is 0 Å². The van der Waals surface area contributed by atoms with Crippen LogP contribution in [0.5, 0.6) is 5.75 Å². The molecule has 0 saturated carbocycles. The minimum absolute atomic E-state index is 0.341. The summed E-state index contributed by atoms with van der Waals surface area (Å²) >= 11 is 0. The maximum atomic E-state index is 11.8. The van der Waals surface area contributed by atoms with Crippen molar-refractivity contribution in [3.63, 3.8) is 0 Å². The van der Waals surface area contributed by atoms with Crippen LogP contribution in [0.25, 0.3) is 10.9 Å². The van der Waals surface area contributed by atoms with Gasteiger partial charge in [-0.25, -0.2) is 0 Å². The van der Waals surface area contributed by atoms with Crippen LogP contribution in [0, 0.1) is 0 Å². The molecule has 0 unspecified atom stereocenters. The van der Waals surface area contributed by atoms with E-state index in [2.05, 4.69) is 4.98 Å². The van der Waals surface area contributed by atoms with E-state index in [-0.39, 0.29) is 5.56 Å². The zero-order valence-electron chi connectivity index (χ0n) is 10.3. The van der Waals surface area contributed by atoms with Gasteiger partial charge in [0.1, 0.15) is 31.2 Å². The van der Waals surface area contributed by atoms with Gasteiger partial charge in [-0.2, -0.15) is 9.71 Å². The smallest absolute Gasteiger partial charge is 0.284 e. The Balaban J connectivity index is 2.50. The van der Waals surface area contributed by atoms with Gasteiger partial charge in [0.05, 0.1) is 12.1 Å². The molecule has 0 saturated heterocycles. The van der Waals surface area contributed by atoms with Crippen LogP contribution in [0.4, 0.5) is 0 Å². The van der Waals surface area contributed by atoms with Crippen LogP contribution in [0.2, 0.25) is 0 Å². The Morgan fingerprint density at radius 1 is 1.28 bits per heavy atom. The van der Waals surface area contributed by atoms with Gasteiger partial charge in [-0.3, -0.25) is 4.79 Å². The average molecular weight is 250 g/mol. The van der Waals surface area contributed by atoms with Gasteiger partial charge in [0, 0.05) is 7.11 Å². The molecule has 1 aromatic carbocycles. The quantitative estimate of drug-likeness (QED) is 0.722. The number of hydrogen-bond donors (Lipinski definition) is 0. The van der Waals surface area contributed by atoms with Gasteiger partial charge in [-0.15, -0.1) is 0 Å². The van der Waals surface area contributed by atoms with E-state index < -0.39 is 0 Å². The molecule has 18 heavy (non-hydrogen) atoms. The fourth-order valence-electron chi connectivity index (χ4n) is 1.65. The molecule has 0 bridgehead atoms. The minimum Gasteiger partial charge on any atom is -0.490 e. The second kappa shape index (κ2) is 5.50. The summed E-state index contributed by atoms with van der Waals surface area (Å²) in [6.07, 6.45) is 1.34. The van der Waals surface area contributed by atoms with E-state index in [0.717, 1.165) is 0 Å². The van der Waals surface area contributed by atoms with Crippen molar-refractivity contribution in [1.29, 1.82) is 0 Å². The summed E-state index contributed by atoms with van der Waals surface area (Å²) in [6.45, 7) is 0.825. The third-order valence-electron chi connectivity index (χ3n) is 2.48. The molecule has 6 nitrogen and oxygen atoms in total. The Hall–Kier alpha value is -2.08. The van der Waals surface area contributed by atoms with Crippen LogP contribution < -0.4 is 15.1 Å². The molecule has 2 aromatic rings. The van der Waals surface area contributed by atoms with Gasteiger partial charge >= 0.3 is 0 Å². The summed E-state index contributed by atoms with van der Waals surface area (Å²) in [6, 6.07) is 5.28. The first-order valence-corrected chi connectivity index (χ1v) is 5.44. The van der Waals surface area contributed by atoms with Gasteiger partial charge in [0.2, 0.25) is 0 Å². The zero-order valence-corrected chi connectivity index (χ0v) is 10.3. The van der Waals surface area contributed by atoms with E-state index in [9.17, 15) is 4.79 Å². The number of fused-ring (bicyclic) bond motifs is 1. The normalized spacial score (nSPS) is 10.6. The molecule has 0 N–H and O–H groups in total. The zero-order chi connectivity index (χ0) is 13.0. The molecule has 0 amide bonds. The highest BCUT2D eigenvalue weighted by molar-refractivity contribution is 5.84. The van der Waals surface area contributed by atoms with Gasteiger partial charge in [0.15, 0.2) is 0 Å². The molecule has 0 radical (unpaired) electrons. The summed E-state index contributed by atoms with van der Waals surface area (Å²) in [7, 11) is 3.09. The molecule has 0 atom stereocenters. The maximum absolute atomic E-state index is 11.8. The van der Waals surface area contributed by atoms with E-state index in [4.69, 9.17) is 14.3 Å². The van der Waals surface area contributed by atoms with Crippen molar-refractivity contribution in [2.75, 3.05) is 27.4 Å². The Bertz CT molecular complexity index is 594. The lowest BCUT2D eigenvalue weighted by Gasteiger charge is -2.11. The van der Waals surface area contributed by atoms with Crippen LogP contribution in [0.1, 0.15) is 0 Å². The largest absolute Gasteiger partial charge is 0.490 e. The number of methoxy groups -OCH3 is 1. The fourth-order valence-corrected chi connectivity index (χ4v) is 1.65. The molecule has 1 heterocycles. The Morgan fingerprint density at radius 3 is 2.83 bits per heavy atom. The summed E-state index contributed by atoms with van der Waals surface area (Å²) in [4.78, 5) is 20.6. The van der Waals surface area contributed by atoms with Crippen molar-refractivity contribution in [3.05, 3.63) is 34.9 Å². The molecule has 6 heteroatoms. The molecular weight excluding hydrogens is 236 g/mol. The van der Waals surface area contributed by atoms with Crippen LogP contribution >= 0.6 is 0 Å². The van der Waals surface area contributed by atoms with Crippen molar-refractivity contribution >= 4 is 10.9 Å². The maximum Gasteiger partial charge on any atom is 0.284 e. The third-order valence-corrected chi connectivity index (χ3v) is 2.48. The van der Waals surface area contributed by atoms with Crippen LogP contribution in [0.15, 0.2) is 29.3 Å². The third kappa shape index (κ3) is 2.28. The van der Waals surface area contributed by atoms with Crippen LogP contribution in [-0.2, 0) is 4.74 Å². The van der Waals surface area contributed by atoms with Crippen molar-refractivity contribution in [2.45, 2.75) is 0 Å². The highest BCUT2D eigenvalue weighted by atomic mass is 16.6. The Kier molecular flexibility index (Phi) is 3.78. The lowest BCUT2D eigenvalue weighted by Crippen LogP contribution is -2.17. The van der Waals surface area contributed by atoms with E-state index in [1.165, 1.54) is 18.2 Å². The molecule has 0 aliphatic carbocycles. The molecule has 1 aromatic heterocycles. The second-order valence-corrected chi connectivity index (χ2v) is 3.55. The predicted octanol–water partition coefficient (Wildman–Crippen LogP) is 0.480. The Labute approximate surface area is 104 Å². The average Bonchev–Trinajstić information content (AvgIpc) is 2.39. The van der Waals surface area contributed by atoms with Crippen molar-refractivity contribution < 1.29 is 14.3 Å². The van der Waals surface area contributed by atoms with Gasteiger partial charge in [0.25, 0.3) is 5.56 Å². The lowest BCUT2D eigenvalue weighted by atomic mass is 10.2. The van der Waals surface area contributed by atoms with Gasteiger partial charge in [-0.1, -0.05) is 6.07 Å². The fraction of sp³-hybridized carbons (Fsp3) is 0.333. The first-order valence-electron chi connectivity index (χ1n) is 5.44. The first kappa shape index (κ1) is 12.4. The van der Waals surface area contributed by atoms with Crippen LogP contribution in [0.3, 0.4) is 0 Å². The standard InChI is InChI=1S/C12H14N2O4/c1-16-6-7-18-10-5-3-4-9-11(10)12(15)13-8-14(9)17-2/h3-5,8H,6-7H2,1-2H3. The van der Waals surface area contributed by atoms with E-state index in [1.54, 1.807) is 25.3 Å². The summed E-state index contributed by atoms with van der Waals surface area (Å²) < 4.78 is 11.8. The second-order valence-electron chi connectivity index (χ2n) is 3.55. The summed E-state index contributed by atoms with van der Waals surface area (Å²) in [5.41, 5.74) is 0.277. The van der Waals surface area contributed by atoms with Crippen molar-refractivity contribution in [1.82, 2.24) is 9.71 Å². The topological polar surface area (TPSA) is 62.6 Å². The minimum atomic E-state index is -0.341. The van der Waals surface area contributed by atoms with Crippen molar-refractivity contribution in [2.24, 2.45) is 0 Å². The highest BCUT2D eigenvalue weighted by Gasteiger charge is 2.10. The first-order chi connectivity index (χ1) is 8.77. The van der Waals surface area contributed by atoms with Gasteiger partial charge < -0.3 is 14.3 Å². The number of aromatic nitrogens is 2. The monoisotopic (exact) mass is 250 g/mol. The number of rotatable bonds is 5. The molecule has 0 aliphatic heterocycles. The van der Waals surface area contributed by atoms with E-state index in [1.807, 2.05) is 0 Å². The number of ether oxygens (including phenoxy) is 2. The number of nitrogens with zero attached hydrogens (tertiary/aromatic N) is 2. The molecule has 2 rings (SSSR count).